The SMILES string of the molecule is O=C([C@H]1CCCO1)N1CCC2(CC(=O)N(c3cccc(F)c3)C2)C1. The molecule has 3 fully saturated rings. The van der Waals surface area contributed by atoms with Crippen molar-refractivity contribution in [2.45, 2.75) is 31.8 Å². The Hall–Kier alpha value is -1.95. The van der Waals surface area contributed by atoms with Gasteiger partial charge < -0.3 is 14.5 Å². The maximum atomic E-state index is 13.5. The standard InChI is InChI=1S/C18H21FN2O3/c19-13-3-1-4-14(9-13)21-12-18(10-16(21)22)6-7-20(11-18)17(23)15-5-2-8-24-15/h1,3-4,9,15H,2,5-8,10-12H2/t15-,18?/m1/s1. The van der Waals surface area contributed by atoms with Gasteiger partial charge in [0.15, 0.2) is 0 Å². The highest BCUT2D eigenvalue weighted by Gasteiger charge is 2.49. The summed E-state index contributed by atoms with van der Waals surface area (Å²) in [5.74, 6) is -0.282. The lowest BCUT2D eigenvalue weighted by molar-refractivity contribution is -0.140. The molecule has 1 spiro atoms. The topological polar surface area (TPSA) is 49.9 Å². The average molecular weight is 332 g/mol. The molecule has 3 aliphatic rings. The lowest BCUT2D eigenvalue weighted by Gasteiger charge is -2.25. The molecule has 3 aliphatic heterocycles. The molecular formula is C18H21FN2O3. The van der Waals surface area contributed by atoms with Crippen LogP contribution in [0.5, 0.6) is 0 Å². The number of nitrogens with zero attached hydrogens (tertiary/aromatic N) is 2. The zero-order valence-corrected chi connectivity index (χ0v) is 13.5. The highest BCUT2D eigenvalue weighted by atomic mass is 19.1. The number of hydrogen-bond donors (Lipinski definition) is 0. The van der Waals surface area contributed by atoms with Gasteiger partial charge in [0.05, 0.1) is 0 Å². The van der Waals surface area contributed by atoms with E-state index >= 15 is 0 Å². The van der Waals surface area contributed by atoms with E-state index < -0.39 is 0 Å². The number of likely N-dealkylation sites (tertiary alicyclic amines) is 1. The van der Waals surface area contributed by atoms with Gasteiger partial charge in [-0.15, -0.1) is 0 Å². The molecule has 0 aliphatic carbocycles. The van der Waals surface area contributed by atoms with E-state index in [9.17, 15) is 14.0 Å². The molecule has 4 rings (SSSR count). The molecule has 6 heteroatoms. The van der Waals surface area contributed by atoms with Crippen molar-refractivity contribution in [1.82, 2.24) is 4.90 Å². The van der Waals surface area contributed by atoms with Crippen molar-refractivity contribution in [3.8, 4) is 0 Å². The van der Waals surface area contributed by atoms with Crippen LogP contribution in [0.25, 0.3) is 0 Å². The van der Waals surface area contributed by atoms with E-state index in [0.717, 1.165) is 19.3 Å². The zero-order valence-electron chi connectivity index (χ0n) is 13.5. The van der Waals surface area contributed by atoms with Crippen LogP contribution in [-0.4, -0.2) is 49.1 Å². The second kappa shape index (κ2) is 5.84. The zero-order chi connectivity index (χ0) is 16.7. The molecule has 128 valence electrons. The van der Waals surface area contributed by atoms with Gasteiger partial charge in [-0.25, -0.2) is 4.39 Å². The van der Waals surface area contributed by atoms with E-state index in [4.69, 9.17) is 4.74 Å². The summed E-state index contributed by atoms with van der Waals surface area (Å²) >= 11 is 0. The van der Waals surface area contributed by atoms with Crippen LogP contribution in [0.1, 0.15) is 25.7 Å². The molecule has 2 amide bonds. The van der Waals surface area contributed by atoms with Crippen LogP contribution in [-0.2, 0) is 14.3 Å². The van der Waals surface area contributed by atoms with Crippen molar-refractivity contribution in [2.24, 2.45) is 5.41 Å². The van der Waals surface area contributed by atoms with Gasteiger partial charge in [-0.05, 0) is 37.5 Å². The third-order valence-electron chi connectivity index (χ3n) is 5.40. The Morgan fingerprint density at radius 1 is 1.33 bits per heavy atom. The summed E-state index contributed by atoms with van der Waals surface area (Å²) in [6, 6.07) is 6.13. The van der Waals surface area contributed by atoms with Gasteiger partial charge in [-0.1, -0.05) is 6.07 Å². The summed E-state index contributed by atoms with van der Waals surface area (Å²) in [6.07, 6.45) is 2.64. The van der Waals surface area contributed by atoms with Gasteiger partial charge >= 0.3 is 0 Å². The summed E-state index contributed by atoms with van der Waals surface area (Å²) < 4.78 is 18.9. The minimum atomic E-state index is -0.345. The molecule has 0 aromatic heterocycles. The van der Waals surface area contributed by atoms with Gasteiger partial charge in [0.2, 0.25) is 5.91 Å². The summed E-state index contributed by atoms with van der Waals surface area (Å²) in [7, 11) is 0. The molecule has 0 saturated carbocycles. The fourth-order valence-electron chi connectivity index (χ4n) is 4.15. The molecule has 1 aromatic rings. The quantitative estimate of drug-likeness (QED) is 0.832. The lowest BCUT2D eigenvalue weighted by Crippen LogP contribution is -2.39. The van der Waals surface area contributed by atoms with Crippen molar-refractivity contribution in [3.63, 3.8) is 0 Å². The number of benzene rings is 1. The summed E-state index contributed by atoms with van der Waals surface area (Å²) in [6.45, 7) is 2.46. The van der Waals surface area contributed by atoms with Crippen LogP contribution < -0.4 is 4.90 Å². The van der Waals surface area contributed by atoms with Gasteiger partial charge in [0.1, 0.15) is 11.9 Å². The average Bonchev–Trinajstić information content (AvgIpc) is 3.28. The predicted octanol–water partition coefficient (Wildman–Crippen LogP) is 1.96. The van der Waals surface area contributed by atoms with Crippen LogP contribution in [0, 0.1) is 11.2 Å². The highest BCUT2D eigenvalue weighted by molar-refractivity contribution is 5.96. The van der Waals surface area contributed by atoms with Crippen LogP contribution in [0.3, 0.4) is 0 Å². The number of amides is 2. The lowest BCUT2D eigenvalue weighted by atomic mass is 9.86. The second-order valence-corrected chi connectivity index (χ2v) is 7.15. The van der Waals surface area contributed by atoms with Gasteiger partial charge in [0, 0.05) is 43.8 Å². The van der Waals surface area contributed by atoms with E-state index in [-0.39, 0.29) is 29.2 Å². The molecule has 3 saturated heterocycles. The van der Waals surface area contributed by atoms with Crippen molar-refractivity contribution < 1.29 is 18.7 Å². The van der Waals surface area contributed by atoms with Crippen molar-refractivity contribution >= 4 is 17.5 Å². The summed E-state index contributed by atoms with van der Waals surface area (Å²) in [4.78, 5) is 28.5. The molecular weight excluding hydrogens is 311 g/mol. The molecule has 0 radical (unpaired) electrons. The Balaban J connectivity index is 1.47. The molecule has 0 N–H and O–H groups in total. The fourth-order valence-corrected chi connectivity index (χ4v) is 4.15. The van der Waals surface area contributed by atoms with Crippen molar-refractivity contribution in [2.75, 3.05) is 31.1 Å². The number of carbonyl (C=O) groups excluding carboxylic acids is 2. The molecule has 3 heterocycles. The Labute approximate surface area is 140 Å². The largest absolute Gasteiger partial charge is 0.368 e. The molecule has 24 heavy (non-hydrogen) atoms. The van der Waals surface area contributed by atoms with Crippen molar-refractivity contribution in [3.05, 3.63) is 30.1 Å². The molecule has 2 atom stereocenters. The van der Waals surface area contributed by atoms with Gasteiger partial charge in [-0.3, -0.25) is 9.59 Å². The Bertz CT molecular complexity index is 674. The number of rotatable bonds is 2. The molecule has 0 bridgehead atoms. The van der Waals surface area contributed by atoms with E-state index in [1.807, 2.05) is 4.90 Å². The predicted molar refractivity (Wildman–Crippen MR) is 86.0 cm³/mol. The molecule has 1 unspecified atom stereocenters. The first kappa shape index (κ1) is 15.6. The Morgan fingerprint density at radius 3 is 2.96 bits per heavy atom. The van der Waals surface area contributed by atoms with Crippen LogP contribution in [0.4, 0.5) is 10.1 Å². The van der Waals surface area contributed by atoms with Gasteiger partial charge in [-0.2, -0.15) is 0 Å². The smallest absolute Gasteiger partial charge is 0.251 e. The van der Waals surface area contributed by atoms with Crippen molar-refractivity contribution in [1.29, 1.82) is 0 Å². The van der Waals surface area contributed by atoms with E-state index in [1.165, 1.54) is 12.1 Å². The number of hydrogen-bond acceptors (Lipinski definition) is 3. The number of carbonyl (C=O) groups is 2. The highest BCUT2D eigenvalue weighted by Crippen LogP contribution is 2.42. The third-order valence-corrected chi connectivity index (χ3v) is 5.40. The van der Waals surface area contributed by atoms with E-state index in [1.54, 1.807) is 17.0 Å². The van der Waals surface area contributed by atoms with E-state index in [0.29, 0.717) is 38.3 Å². The minimum Gasteiger partial charge on any atom is -0.368 e. The molecule has 1 aromatic carbocycles. The maximum absolute atomic E-state index is 13.5. The Kier molecular flexibility index (Phi) is 3.79. The van der Waals surface area contributed by atoms with Gasteiger partial charge in [0.25, 0.3) is 5.91 Å². The number of halogens is 1. The van der Waals surface area contributed by atoms with Crippen LogP contribution in [0.15, 0.2) is 24.3 Å². The number of anilines is 1. The maximum Gasteiger partial charge on any atom is 0.251 e. The van der Waals surface area contributed by atoms with Crippen LogP contribution in [0.2, 0.25) is 0 Å². The summed E-state index contributed by atoms with van der Waals surface area (Å²) in [5.41, 5.74) is 0.387. The normalized spacial score (nSPS) is 29.9. The second-order valence-electron chi connectivity index (χ2n) is 7.15. The minimum absolute atomic E-state index is 0.00650. The first-order chi connectivity index (χ1) is 11.6. The first-order valence-electron chi connectivity index (χ1n) is 8.53. The van der Waals surface area contributed by atoms with Crippen LogP contribution >= 0.6 is 0 Å². The number of ether oxygens (including phenoxy) is 1. The fraction of sp³-hybridized carbons (Fsp3) is 0.556. The molecule has 5 nitrogen and oxygen atoms in total. The summed E-state index contributed by atoms with van der Waals surface area (Å²) in [5, 5.41) is 0. The monoisotopic (exact) mass is 332 g/mol. The van der Waals surface area contributed by atoms with E-state index in [2.05, 4.69) is 0 Å². The third kappa shape index (κ3) is 2.69. The Morgan fingerprint density at radius 2 is 2.21 bits per heavy atom. The first-order valence-corrected chi connectivity index (χ1v) is 8.53.